The number of hydrogen-bond acceptors (Lipinski definition) is 6. The number of thiocarbonyl (C=S) groups is 1. The lowest BCUT2D eigenvalue weighted by molar-refractivity contribution is 0.0982. The van der Waals surface area contributed by atoms with Gasteiger partial charge in [-0.2, -0.15) is 0 Å². The van der Waals surface area contributed by atoms with E-state index in [1.54, 1.807) is 36.4 Å². The standard InChI is InChI=1S/C23H18ClN3O4S3/c1-31-16-10-6-15(7-11-16)27-34(29,30)17-12-8-14(9-13-17)25-23(32)26-22(28)21-20(24)18-4-2-3-5-19(18)33-21/h2-13,27H,1H3,(H2,25,26,28,32). The first kappa shape index (κ1) is 24.0. The predicted molar refractivity (Wildman–Crippen MR) is 141 cm³/mol. The van der Waals surface area contributed by atoms with Gasteiger partial charge in [-0.3, -0.25) is 14.8 Å². The minimum Gasteiger partial charge on any atom is -0.497 e. The number of anilines is 2. The second kappa shape index (κ2) is 9.98. The zero-order valence-corrected chi connectivity index (χ0v) is 20.9. The Balaban J connectivity index is 1.40. The molecule has 4 rings (SSSR count). The zero-order valence-electron chi connectivity index (χ0n) is 17.7. The lowest BCUT2D eigenvalue weighted by Gasteiger charge is -2.11. The fraction of sp³-hybridized carbons (Fsp3) is 0.0435. The Hall–Kier alpha value is -3.18. The van der Waals surface area contributed by atoms with Crippen molar-refractivity contribution in [2.75, 3.05) is 17.1 Å². The van der Waals surface area contributed by atoms with Gasteiger partial charge in [0.1, 0.15) is 10.6 Å². The molecule has 1 heterocycles. The molecule has 7 nitrogen and oxygen atoms in total. The number of amides is 1. The van der Waals surface area contributed by atoms with Crippen molar-refractivity contribution in [3.8, 4) is 5.75 Å². The largest absolute Gasteiger partial charge is 0.497 e. The molecule has 0 aliphatic heterocycles. The minimum absolute atomic E-state index is 0.0606. The van der Waals surface area contributed by atoms with Crippen molar-refractivity contribution in [1.29, 1.82) is 0 Å². The topological polar surface area (TPSA) is 96.5 Å². The zero-order chi connectivity index (χ0) is 24.3. The Morgan fingerprint density at radius 1 is 0.971 bits per heavy atom. The molecule has 0 atom stereocenters. The molecule has 0 fully saturated rings. The van der Waals surface area contributed by atoms with Crippen molar-refractivity contribution in [1.82, 2.24) is 5.32 Å². The van der Waals surface area contributed by atoms with Crippen LogP contribution in [0.2, 0.25) is 5.02 Å². The highest BCUT2D eigenvalue weighted by Gasteiger charge is 2.18. The summed E-state index contributed by atoms with van der Waals surface area (Å²) >= 11 is 12.8. The highest BCUT2D eigenvalue weighted by molar-refractivity contribution is 7.92. The minimum atomic E-state index is -3.79. The van der Waals surface area contributed by atoms with E-state index in [2.05, 4.69) is 15.4 Å². The summed E-state index contributed by atoms with van der Waals surface area (Å²) in [5.41, 5.74) is 0.919. The van der Waals surface area contributed by atoms with Crippen molar-refractivity contribution >= 4 is 77.7 Å². The number of methoxy groups -OCH3 is 1. The maximum atomic E-state index is 12.6. The van der Waals surface area contributed by atoms with E-state index in [-0.39, 0.29) is 10.0 Å². The second-order valence-electron chi connectivity index (χ2n) is 7.01. The van der Waals surface area contributed by atoms with Crippen LogP contribution >= 0.6 is 35.2 Å². The predicted octanol–water partition coefficient (Wildman–Crippen LogP) is 5.49. The summed E-state index contributed by atoms with van der Waals surface area (Å²) in [4.78, 5) is 13.1. The molecule has 1 aromatic heterocycles. The Bertz CT molecular complexity index is 1470. The van der Waals surface area contributed by atoms with Crippen molar-refractivity contribution in [2.45, 2.75) is 4.90 Å². The van der Waals surface area contributed by atoms with E-state index in [4.69, 9.17) is 28.6 Å². The summed E-state index contributed by atoms with van der Waals surface area (Å²) in [6.07, 6.45) is 0. The van der Waals surface area contributed by atoms with Crippen LogP contribution in [0.25, 0.3) is 10.1 Å². The lowest BCUT2D eigenvalue weighted by atomic mass is 10.2. The van der Waals surface area contributed by atoms with Gasteiger partial charge in [0.05, 0.1) is 17.0 Å². The van der Waals surface area contributed by atoms with Crippen LogP contribution in [-0.2, 0) is 10.0 Å². The normalized spacial score (nSPS) is 11.1. The summed E-state index contributed by atoms with van der Waals surface area (Å²) in [7, 11) is -2.25. The molecule has 1 amide bonds. The SMILES string of the molecule is COc1ccc(NS(=O)(=O)c2ccc(NC(=S)NC(=O)c3sc4ccccc4c3Cl)cc2)cc1. The number of halogens is 1. The molecule has 0 radical (unpaired) electrons. The van der Waals surface area contributed by atoms with E-state index in [1.165, 1.54) is 30.6 Å². The molecule has 3 N–H and O–H groups in total. The van der Waals surface area contributed by atoms with Crippen LogP contribution in [0.3, 0.4) is 0 Å². The molecular weight excluding hydrogens is 514 g/mol. The average Bonchev–Trinajstić information content (AvgIpc) is 3.16. The molecule has 0 spiro atoms. The summed E-state index contributed by atoms with van der Waals surface area (Å²) in [5, 5.41) is 6.71. The highest BCUT2D eigenvalue weighted by atomic mass is 35.5. The summed E-state index contributed by atoms with van der Waals surface area (Å²) in [5.74, 6) is 0.197. The van der Waals surface area contributed by atoms with Gasteiger partial charge in [-0.25, -0.2) is 8.42 Å². The molecule has 4 aromatic rings. The summed E-state index contributed by atoms with van der Waals surface area (Å²) in [6, 6.07) is 20.0. The first-order chi connectivity index (χ1) is 16.3. The van der Waals surface area contributed by atoms with Crippen LogP contribution < -0.4 is 20.1 Å². The molecule has 34 heavy (non-hydrogen) atoms. The van der Waals surface area contributed by atoms with Crippen molar-refractivity contribution in [3.63, 3.8) is 0 Å². The number of carbonyl (C=O) groups excluding carboxylic acids is 1. The van der Waals surface area contributed by atoms with Gasteiger partial charge in [0.15, 0.2) is 5.11 Å². The number of carbonyl (C=O) groups is 1. The number of fused-ring (bicyclic) bond motifs is 1. The van der Waals surface area contributed by atoms with E-state index in [1.807, 2.05) is 24.3 Å². The van der Waals surface area contributed by atoms with E-state index in [0.717, 1.165) is 10.1 Å². The average molecular weight is 532 g/mol. The molecule has 0 aliphatic carbocycles. The molecule has 3 aromatic carbocycles. The second-order valence-corrected chi connectivity index (χ2v) is 10.5. The molecule has 0 bridgehead atoms. The van der Waals surface area contributed by atoms with Crippen LogP contribution in [-0.4, -0.2) is 26.5 Å². The fourth-order valence-corrected chi connectivity index (χ4v) is 5.75. The van der Waals surface area contributed by atoms with E-state index >= 15 is 0 Å². The van der Waals surface area contributed by atoms with Crippen LogP contribution in [0.5, 0.6) is 5.75 Å². The van der Waals surface area contributed by atoms with Gasteiger partial charge in [-0.15, -0.1) is 11.3 Å². The van der Waals surface area contributed by atoms with Crippen LogP contribution in [0.15, 0.2) is 77.7 Å². The fourth-order valence-electron chi connectivity index (χ4n) is 3.07. The first-order valence-electron chi connectivity index (χ1n) is 9.83. The maximum absolute atomic E-state index is 12.6. The number of rotatable bonds is 6. The number of sulfonamides is 1. The number of benzene rings is 3. The monoisotopic (exact) mass is 531 g/mol. The van der Waals surface area contributed by atoms with Gasteiger partial charge in [0, 0.05) is 21.5 Å². The molecule has 0 saturated heterocycles. The number of thiophene rings is 1. The number of ether oxygens (including phenoxy) is 1. The van der Waals surface area contributed by atoms with Crippen LogP contribution in [0.4, 0.5) is 11.4 Å². The van der Waals surface area contributed by atoms with Gasteiger partial charge < -0.3 is 10.1 Å². The summed E-state index contributed by atoms with van der Waals surface area (Å²) in [6.45, 7) is 0. The Morgan fingerprint density at radius 3 is 2.26 bits per heavy atom. The third kappa shape index (κ3) is 5.31. The molecular formula is C23H18ClN3O4S3. The lowest BCUT2D eigenvalue weighted by Crippen LogP contribution is -2.33. The highest BCUT2D eigenvalue weighted by Crippen LogP contribution is 2.35. The van der Waals surface area contributed by atoms with Crippen molar-refractivity contribution in [3.05, 3.63) is 82.7 Å². The quantitative estimate of drug-likeness (QED) is 0.285. The molecule has 0 aliphatic rings. The molecule has 0 unspecified atom stereocenters. The van der Waals surface area contributed by atoms with E-state index in [0.29, 0.717) is 27.0 Å². The smallest absolute Gasteiger partial charge is 0.269 e. The number of hydrogen-bond donors (Lipinski definition) is 3. The molecule has 11 heteroatoms. The van der Waals surface area contributed by atoms with Crippen molar-refractivity contribution < 1.29 is 17.9 Å². The molecule has 0 saturated carbocycles. The van der Waals surface area contributed by atoms with Crippen LogP contribution in [0.1, 0.15) is 9.67 Å². The third-order valence-corrected chi connectivity index (χ3v) is 8.01. The van der Waals surface area contributed by atoms with Crippen LogP contribution in [0, 0.1) is 0 Å². The third-order valence-electron chi connectivity index (χ3n) is 4.73. The Labute approximate surface area is 210 Å². The van der Waals surface area contributed by atoms with Gasteiger partial charge in [-0.05, 0) is 66.8 Å². The number of nitrogens with one attached hydrogen (secondary N) is 3. The van der Waals surface area contributed by atoms with Gasteiger partial charge in [0.25, 0.3) is 15.9 Å². The Kier molecular flexibility index (Phi) is 7.03. The maximum Gasteiger partial charge on any atom is 0.269 e. The van der Waals surface area contributed by atoms with E-state index < -0.39 is 15.9 Å². The molecule has 174 valence electrons. The van der Waals surface area contributed by atoms with E-state index in [9.17, 15) is 13.2 Å². The Morgan fingerprint density at radius 2 is 1.62 bits per heavy atom. The van der Waals surface area contributed by atoms with Crippen molar-refractivity contribution in [2.24, 2.45) is 0 Å². The van der Waals surface area contributed by atoms with Gasteiger partial charge in [-0.1, -0.05) is 29.8 Å². The summed E-state index contributed by atoms with van der Waals surface area (Å²) < 4.78 is 33.8. The van der Waals surface area contributed by atoms with Gasteiger partial charge >= 0.3 is 0 Å². The first-order valence-corrected chi connectivity index (χ1v) is 12.9. The van der Waals surface area contributed by atoms with Gasteiger partial charge in [0.2, 0.25) is 0 Å².